The Morgan fingerprint density at radius 3 is 3.00 bits per heavy atom. The van der Waals surface area contributed by atoms with Crippen LogP contribution in [0.25, 0.3) is 0 Å². The van der Waals surface area contributed by atoms with E-state index in [2.05, 4.69) is 12.2 Å². The molecule has 1 aromatic rings. The molecule has 5 heteroatoms. The summed E-state index contributed by atoms with van der Waals surface area (Å²) in [5.74, 6) is 0.868. The van der Waals surface area contributed by atoms with Gasteiger partial charge >= 0.3 is 6.03 Å². The quantitative estimate of drug-likeness (QED) is 0.840. The molecule has 0 spiro atoms. The highest BCUT2D eigenvalue weighted by Crippen LogP contribution is 2.17. The fraction of sp³-hybridized carbons (Fsp3) is 0.611. The van der Waals surface area contributed by atoms with Gasteiger partial charge in [-0.1, -0.05) is 25.1 Å². The van der Waals surface area contributed by atoms with E-state index >= 15 is 0 Å². The van der Waals surface area contributed by atoms with Crippen molar-refractivity contribution >= 4 is 6.03 Å². The fourth-order valence-corrected chi connectivity index (χ4v) is 2.87. The van der Waals surface area contributed by atoms with E-state index in [0.717, 1.165) is 50.1 Å². The van der Waals surface area contributed by atoms with Crippen LogP contribution in [-0.4, -0.2) is 50.4 Å². The van der Waals surface area contributed by atoms with Crippen molar-refractivity contribution < 1.29 is 14.3 Å². The molecule has 1 heterocycles. The van der Waals surface area contributed by atoms with Crippen molar-refractivity contribution in [1.82, 2.24) is 10.2 Å². The number of hydrogen-bond acceptors (Lipinski definition) is 3. The largest absolute Gasteiger partial charge is 0.496 e. The summed E-state index contributed by atoms with van der Waals surface area (Å²) in [7, 11) is 1.67. The molecule has 0 radical (unpaired) electrons. The normalized spacial score (nSPS) is 17.8. The van der Waals surface area contributed by atoms with Crippen LogP contribution in [0, 0.1) is 0 Å². The number of ether oxygens (including phenoxy) is 2. The second-order valence-electron chi connectivity index (χ2n) is 5.87. The number of urea groups is 1. The van der Waals surface area contributed by atoms with Gasteiger partial charge in [-0.3, -0.25) is 0 Å². The van der Waals surface area contributed by atoms with E-state index in [4.69, 9.17) is 9.47 Å². The Morgan fingerprint density at radius 2 is 2.22 bits per heavy atom. The molecule has 1 aliphatic heterocycles. The first-order chi connectivity index (χ1) is 11.2. The number of nitrogens with zero attached hydrogens (tertiary/aromatic N) is 1. The van der Waals surface area contributed by atoms with Crippen LogP contribution in [0.2, 0.25) is 0 Å². The lowest BCUT2D eigenvalue weighted by molar-refractivity contribution is 0.0101. The van der Waals surface area contributed by atoms with Crippen molar-refractivity contribution in [2.45, 2.75) is 38.7 Å². The van der Waals surface area contributed by atoms with Gasteiger partial charge in [0.05, 0.1) is 13.2 Å². The third-order valence-electron chi connectivity index (χ3n) is 4.09. The first-order valence-corrected chi connectivity index (χ1v) is 8.50. The summed E-state index contributed by atoms with van der Waals surface area (Å²) in [6.07, 6.45) is 4.02. The number of hydrogen-bond donors (Lipinski definition) is 1. The molecule has 1 saturated heterocycles. The standard InChI is InChI=1S/C18H28N2O3/c1-3-13-23-16-8-6-12-20(14-16)18(21)19-11-10-15-7-4-5-9-17(15)22-2/h4-5,7,9,16H,3,6,8,10-14H2,1-2H3,(H,19,21)/t16-/m0/s1. The summed E-state index contributed by atoms with van der Waals surface area (Å²) >= 11 is 0. The Bertz CT molecular complexity index is 493. The molecule has 23 heavy (non-hydrogen) atoms. The molecule has 0 aromatic heterocycles. The highest BCUT2D eigenvalue weighted by atomic mass is 16.5. The Hall–Kier alpha value is -1.75. The smallest absolute Gasteiger partial charge is 0.317 e. The second kappa shape index (κ2) is 9.40. The summed E-state index contributed by atoms with van der Waals surface area (Å²) in [6.45, 7) is 4.99. The molecule has 2 rings (SSSR count). The van der Waals surface area contributed by atoms with E-state index in [0.29, 0.717) is 13.1 Å². The number of piperidine rings is 1. The van der Waals surface area contributed by atoms with Crippen LogP contribution in [0.4, 0.5) is 4.79 Å². The molecule has 5 nitrogen and oxygen atoms in total. The van der Waals surface area contributed by atoms with Crippen molar-refractivity contribution in [2.75, 3.05) is 33.4 Å². The molecular weight excluding hydrogens is 292 g/mol. The zero-order valence-electron chi connectivity index (χ0n) is 14.2. The van der Waals surface area contributed by atoms with Gasteiger partial charge < -0.3 is 19.7 Å². The van der Waals surface area contributed by atoms with Gasteiger partial charge in [0.15, 0.2) is 0 Å². The first kappa shape index (κ1) is 17.6. The molecule has 0 aliphatic carbocycles. The third kappa shape index (κ3) is 5.43. The van der Waals surface area contributed by atoms with Gasteiger partial charge in [0.2, 0.25) is 0 Å². The van der Waals surface area contributed by atoms with Gasteiger partial charge in [0.1, 0.15) is 5.75 Å². The average Bonchev–Trinajstić information content (AvgIpc) is 2.60. The maximum atomic E-state index is 12.3. The minimum Gasteiger partial charge on any atom is -0.496 e. The van der Waals surface area contributed by atoms with Crippen molar-refractivity contribution in [3.63, 3.8) is 0 Å². The van der Waals surface area contributed by atoms with Crippen molar-refractivity contribution in [1.29, 1.82) is 0 Å². The van der Waals surface area contributed by atoms with Crippen LogP contribution < -0.4 is 10.1 Å². The fourth-order valence-electron chi connectivity index (χ4n) is 2.87. The number of carbonyl (C=O) groups is 1. The molecule has 1 aromatic carbocycles. The number of carbonyl (C=O) groups excluding carboxylic acids is 1. The van der Waals surface area contributed by atoms with Crippen molar-refractivity contribution in [3.8, 4) is 5.75 Å². The predicted octanol–water partition coefficient (Wildman–Crippen LogP) is 2.84. The van der Waals surface area contributed by atoms with Gasteiger partial charge in [0.25, 0.3) is 0 Å². The van der Waals surface area contributed by atoms with Crippen LogP contribution in [0.15, 0.2) is 24.3 Å². The van der Waals surface area contributed by atoms with E-state index in [1.165, 1.54) is 0 Å². The zero-order chi connectivity index (χ0) is 16.5. The minimum atomic E-state index is 0.00435. The molecule has 1 aliphatic rings. The maximum absolute atomic E-state index is 12.3. The third-order valence-corrected chi connectivity index (χ3v) is 4.09. The highest BCUT2D eigenvalue weighted by molar-refractivity contribution is 5.74. The second-order valence-corrected chi connectivity index (χ2v) is 5.87. The van der Waals surface area contributed by atoms with Crippen molar-refractivity contribution in [3.05, 3.63) is 29.8 Å². The van der Waals surface area contributed by atoms with Crippen LogP contribution in [-0.2, 0) is 11.2 Å². The molecule has 1 N–H and O–H groups in total. The van der Waals surface area contributed by atoms with Crippen LogP contribution in [0.3, 0.4) is 0 Å². The van der Waals surface area contributed by atoms with Gasteiger partial charge in [0, 0.05) is 26.2 Å². The lowest BCUT2D eigenvalue weighted by Gasteiger charge is -2.32. The van der Waals surface area contributed by atoms with Crippen LogP contribution in [0.5, 0.6) is 5.75 Å². The monoisotopic (exact) mass is 320 g/mol. The Morgan fingerprint density at radius 1 is 1.39 bits per heavy atom. The summed E-state index contributed by atoms with van der Waals surface area (Å²) in [6, 6.07) is 7.91. The SMILES string of the molecule is CCCO[C@H]1CCCN(C(=O)NCCc2ccccc2OC)C1. The molecule has 1 atom stereocenters. The lowest BCUT2D eigenvalue weighted by Crippen LogP contribution is -2.48. The van der Waals surface area contributed by atoms with Gasteiger partial charge in [-0.05, 0) is 37.3 Å². The van der Waals surface area contributed by atoms with Gasteiger partial charge in [-0.25, -0.2) is 4.79 Å². The predicted molar refractivity (Wildman–Crippen MR) is 90.9 cm³/mol. The number of likely N-dealkylation sites (tertiary alicyclic amines) is 1. The number of benzene rings is 1. The van der Waals surface area contributed by atoms with E-state index in [1.54, 1.807) is 7.11 Å². The lowest BCUT2D eigenvalue weighted by atomic mass is 10.1. The van der Waals surface area contributed by atoms with Crippen LogP contribution >= 0.6 is 0 Å². The molecule has 0 saturated carbocycles. The van der Waals surface area contributed by atoms with Gasteiger partial charge in [-0.15, -0.1) is 0 Å². The maximum Gasteiger partial charge on any atom is 0.317 e. The molecule has 0 unspecified atom stereocenters. The summed E-state index contributed by atoms with van der Waals surface area (Å²) in [4.78, 5) is 14.2. The molecule has 128 valence electrons. The van der Waals surface area contributed by atoms with Crippen molar-refractivity contribution in [2.24, 2.45) is 0 Å². The van der Waals surface area contributed by atoms with E-state index in [1.807, 2.05) is 29.2 Å². The van der Waals surface area contributed by atoms with E-state index in [9.17, 15) is 4.79 Å². The number of nitrogens with one attached hydrogen (secondary N) is 1. The van der Waals surface area contributed by atoms with E-state index in [-0.39, 0.29) is 12.1 Å². The Balaban J connectivity index is 1.76. The molecule has 2 amide bonds. The average molecular weight is 320 g/mol. The topological polar surface area (TPSA) is 50.8 Å². The number of methoxy groups -OCH3 is 1. The number of rotatable bonds is 7. The summed E-state index contributed by atoms with van der Waals surface area (Å²) < 4.78 is 11.1. The highest BCUT2D eigenvalue weighted by Gasteiger charge is 2.23. The minimum absolute atomic E-state index is 0.00435. The Labute approximate surface area is 139 Å². The number of para-hydroxylation sites is 1. The summed E-state index contributed by atoms with van der Waals surface area (Å²) in [5.41, 5.74) is 1.11. The molecular formula is C18H28N2O3. The molecule has 1 fully saturated rings. The first-order valence-electron chi connectivity index (χ1n) is 8.50. The summed E-state index contributed by atoms with van der Waals surface area (Å²) in [5, 5.41) is 3.00. The number of amides is 2. The zero-order valence-corrected chi connectivity index (χ0v) is 14.2. The van der Waals surface area contributed by atoms with Gasteiger partial charge in [-0.2, -0.15) is 0 Å². The van der Waals surface area contributed by atoms with E-state index < -0.39 is 0 Å². The Kier molecular flexibility index (Phi) is 7.20. The molecule has 0 bridgehead atoms. The van der Waals surface area contributed by atoms with Crippen LogP contribution in [0.1, 0.15) is 31.7 Å².